The number of methoxy groups -OCH3 is 1. The van der Waals surface area contributed by atoms with Crippen molar-refractivity contribution in [2.75, 3.05) is 54.6 Å². The molecule has 152 valence electrons. The normalized spacial score (nSPS) is 20.9. The second-order valence-electron chi connectivity index (χ2n) is 8.12. The minimum absolute atomic E-state index is 0.0345. The highest BCUT2D eigenvalue weighted by molar-refractivity contribution is 8.00. The lowest BCUT2D eigenvalue weighted by atomic mass is 9.82. The molecule has 1 spiro atoms. The van der Waals surface area contributed by atoms with Crippen LogP contribution < -0.4 is 15.1 Å². The van der Waals surface area contributed by atoms with E-state index >= 15 is 0 Å². The number of rotatable bonds is 9. The predicted molar refractivity (Wildman–Crippen MR) is 108 cm³/mol. The quantitative estimate of drug-likeness (QED) is 0.634. The van der Waals surface area contributed by atoms with Crippen molar-refractivity contribution in [1.82, 2.24) is 5.32 Å². The number of anilines is 2. The van der Waals surface area contributed by atoms with E-state index in [4.69, 9.17) is 4.74 Å². The van der Waals surface area contributed by atoms with Crippen molar-refractivity contribution in [3.63, 3.8) is 0 Å². The van der Waals surface area contributed by atoms with Crippen LogP contribution in [0.15, 0.2) is 18.2 Å². The summed E-state index contributed by atoms with van der Waals surface area (Å²) in [6.45, 7) is 2.37. The van der Waals surface area contributed by atoms with Gasteiger partial charge in [0.25, 0.3) is 0 Å². The van der Waals surface area contributed by atoms with Crippen molar-refractivity contribution < 1.29 is 18.7 Å². The van der Waals surface area contributed by atoms with Crippen molar-refractivity contribution >= 4 is 35.5 Å². The number of carbonyl (C=O) groups excluding carboxylic acids is 2. The molecule has 6 nitrogen and oxygen atoms in total. The van der Waals surface area contributed by atoms with Gasteiger partial charge in [0, 0.05) is 55.3 Å². The van der Waals surface area contributed by atoms with E-state index in [-0.39, 0.29) is 30.3 Å². The third-order valence-corrected chi connectivity index (χ3v) is 7.42. The molecule has 1 saturated carbocycles. The number of carbonyl (C=O) groups is 2. The topological polar surface area (TPSA) is 61.9 Å². The second kappa shape index (κ2) is 7.91. The number of thioether (sulfide) groups is 1. The van der Waals surface area contributed by atoms with Gasteiger partial charge in [-0.3, -0.25) is 9.59 Å². The zero-order valence-electron chi connectivity index (χ0n) is 16.0. The zero-order chi connectivity index (χ0) is 19.7. The summed E-state index contributed by atoms with van der Waals surface area (Å²) in [5, 5.41) is 2.86. The Morgan fingerprint density at radius 1 is 1.46 bits per heavy atom. The summed E-state index contributed by atoms with van der Waals surface area (Å²) in [6.07, 6.45) is 2.19. The Balaban J connectivity index is 1.36. The fourth-order valence-corrected chi connectivity index (χ4v) is 4.94. The van der Waals surface area contributed by atoms with E-state index in [0.29, 0.717) is 29.7 Å². The molecule has 1 N–H and O–H groups in total. The Bertz CT molecular complexity index is 746. The van der Waals surface area contributed by atoms with Gasteiger partial charge in [-0.05, 0) is 31.0 Å². The Morgan fingerprint density at radius 3 is 2.75 bits per heavy atom. The van der Waals surface area contributed by atoms with Gasteiger partial charge in [0.15, 0.2) is 0 Å². The fourth-order valence-electron chi connectivity index (χ4n) is 3.79. The number of benzene rings is 1. The van der Waals surface area contributed by atoms with Crippen LogP contribution in [0.4, 0.5) is 15.8 Å². The number of halogens is 1. The van der Waals surface area contributed by atoms with Crippen LogP contribution in [0.25, 0.3) is 0 Å². The Labute approximate surface area is 168 Å². The first-order valence-corrected chi connectivity index (χ1v) is 10.8. The fraction of sp³-hybridized carbons (Fsp3) is 0.600. The Kier molecular flexibility index (Phi) is 5.51. The van der Waals surface area contributed by atoms with E-state index in [1.54, 1.807) is 19.2 Å². The van der Waals surface area contributed by atoms with Crippen LogP contribution in [0.2, 0.25) is 0 Å². The highest BCUT2D eigenvalue weighted by Crippen LogP contribution is 2.47. The van der Waals surface area contributed by atoms with E-state index in [1.807, 2.05) is 11.8 Å². The minimum atomic E-state index is -0.359. The molecule has 2 saturated heterocycles. The lowest BCUT2D eigenvalue weighted by Gasteiger charge is -2.56. The third-order valence-electron chi connectivity index (χ3n) is 5.79. The summed E-state index contributed by atoms with van der Waals surface area (Å²) in [4.78, 5) is 26.9. The predicted octanol–water partition coefficient (Wildman–Crippen LogP) is 1.88. The van der Waals surface area contributed by atoms with Gasteiger partial charge in [-0.25, -0.2) is 4.39 Å². The molecule has 1 atom stereocenters. The van der Waals surface area contributed by atoms with Crippen molar-refractivity contribution in [2.24, 2.45) is 11.3 Å². The molecule has 0 aromatic heterocycles. The lowest BCUT2D eigenvalue weighted by Crippen LogP contribution is -2.63. The monoisotopic (exact) mass is 407 g/mol. The van der Waals surface area contributed by atoms with E-state index in [2.05, 4.69) is 10.2 Å². The molecule has 2 amide bonds. The number of hydrogen-bond acceptors (Lipinski definition) is 5. The second-order valence-corrected chi connectivity index (χ2v) is 9.11. The van der Waals surface area contributed by atoms with Crippen molar-refractivity contribution in [3.8, 4) is 0 Å². The van der Waals surface area contributed by atoms with E-state index < -0.39 is 0 Å². The van der Waals surface area contributed by atoms with E-state index in [0.717, 1.165) is 37.4 Å². The molecular formula is C20H26FN3O3S. The van der Waals surface area contributed by atoms with Gasteiger partial charge in [-0.1, -0.05) is 0 Å². The molecule has 0 radical (unpaired) electrons. The van der Waals surface area contributed by atoms with Crippen molar-refractivity contribution in [2.45, 2.75) is 18.9 Å². The molecule has 28 heavy (non-hydrogen) atoms. The summed E-state index contributed by atoms with van der Waals surface area (Å²) < 4.78 is 20.1. The van der Waals surface area contributed by atoms with Crippen LogP contribution in [0.1, 0.15) is 12.8 Å². The smallest absolute Gasteiger partial charge is 0.223 e. The highest BCUT2D eigenvalue weighted by Gasteiger charge is 2.48. The molecule has 8 heteroatoms. The molecule has 2 heterocycles. The molecule has 2 aliphatic heterocycles. The minimum Gasteiger partial charge on any atom is -0.378 e. The Hall–Kier alpha value is -1.80. The molecule has 0 bridgehead atoms. The Morgan fingerprint density at radius 2 is 2.21 bits per heavy atom. The largest absolute Gasteiger partial charge is 0.378 e. The van der Waals surface area contributed by atoms with Gasteiger partial charge in [0.05, 0.1) is 18.3 Å². The average Bonchev–Trinajstić information content (AvgIpc) is 3.46. The number of ether oxygens (including phenoxy) is 1. The SMILES string of the molecule is COC(CNC(=O)C1CC1)CN(C=O)c1ccc(N2CC3(CSC3)C2)c(F)c1. The van der Waals surface area contributed by atoms with Crippen LogP contribution in [0.5, 0.6) is 0 Å². The van der Waals surface area contributed by atoms with Gasteiger partial charge in [-0.2, -0.15) is 11.8 Å². The van der Waals surface area contributed by atoms with Gasteiger partial charge < -0.3 is 19.9 Å². The van der Waals surface area contributed by atoms with Crippen molar-refractivity contribution in [1.29, 1.82) is 0 Å². The molecule has 1 aromatic carbocycles. The molecule has 1 aromatic rings. The number of nitrogens with one attached hydrogen (secondary N) is 1. The molecule has 1 aliphatic carbocycles. The molecule has 1 unspecified atom stereocenters. The van der Waals surface area contributed by atoms with Gasteiger partial charge in [-0.15, -0.1) is 0 Å². The van der Waals surface area contributed by atoms with Crippen LogP contribution in [0.3, 0.4) is 0 Å². The van der Waals surface area contributed by atoms with E-state index in [1.165, 1.54) is 11.0 Å². The maximum atomic E-state index is 14.7. The first-order valence-electron chi connectivity index (χ1n) is 9.68. The number of hydrogen-bond donors (Lipinski definition) is 1. The maximum absolute atomic E-state index is 14.7. The summed E-state index contributed by atoms with van der Waals surface area (Å²) in [6, 6.07) is 4.92. The molecule has 4 rings (SSSR count). The van der Waals surface area contributed by atoms with Crippen LogP contribution in [0, 0.1) is 17.2 Å². The summed E-state index contributed by atoms with van der Waals surface area (Å²) in [7, 11) is 1.54. The summed E-state index contributed by atoms with van der Waals surface area (Å²) in [5.74, 6) is 2.17. The lowest BCUT2D eigenvalue weighted by molar-refractivity contribution is -0.122. The first kappa shape index (κ1) is 19.5. The third kappa shape index (κ3) is 3.98. The first-order chi connectivity index (χ1) is 13.5. The maximum Gasteiger partial charge on any atom is 0.223 e. The van der Waals surface area contributed by atoms with Gasteiger partial charge in [0.1, 0.15) is 5.82 Å². The summed E-state index contributed by atoms with van der Waals surface area (Å²) >= 11 is 1.94. The standard InChI is InChI=1S/C20H26FN3O3S/c1-27-16(7-22-19(26)14-2-3-14)8-23(13-25)15-4-5-18(17(21)6-15)24-9-20(10-24)11-28-12-20/h4-6,13-14,16H,2-3,7-12H2,1H3,(H,22,26). The van der Waals surface area contributed by atoms with Gasteiger partial charge in [0.2, 0.25) is 12.3 Å². The average molecular weight is 408 g/mol. The molecule has 3 aliphatic rings. The number of amides is 2. The molecular weight excluding hydrogens is 381 g/mol. The zero-order valence-corrected chi connectivity index (χ0v) is 16.8. The van der Waals surface area contributed by atoms with Gasteiger partial charge >= 0.3 is 0 Å². The van der Waals surface area contributed by atoms with E-state index in [9.17, 15) is 14.0 Å². The highest BCUT2D eigenvalue weighted by atomic mass is 32.2. The molecule has 3 fully saturated rings. The summed E-state index contributed by atoms with van der Waals surface area (Å²) in [5.41, 5.74) is 1.47. The number of nitrogens with zero attached hydrogens (tertiary/aromatic N) is 2. The van der Waals surface area contributed by atoms with Crippen LogP contribution >= 0.6 is 11.8 Å². The van der Waals surface area contributed by atoms with Crippen LogP contribution in [-0.4, -0.2) is 63.2 Å². The van der Waals surface area contributed by atoms with Crippen molar-refractivity contribution in [3.05, 3.63) is 24.0 Å². The van der Waals surface area contributed by atoms with Crippen LogP contribution in [-0.2, 0) is 14.3 Å².